The molecule has 0 spiro atoms. The van der Waals surface area contributed by atoms with Gasteiger partial charge >= 0.3 is 5.97 Å². The molecule has 104 valence electrons. The molecule has 1 amide bonds. The molecule has 0 radical (unpaired) electrons. The fraction of sp³-hybridized carbons (Fsp3) is 0.429. The Balaban J connectivity index is 3.08. The largest absolute Gasteiger partial charge is 0.495 e. The summed E-state index contributed by atoms with van der Waals surface area (Å²) in [5.74, 6) is -2.36. The Labute approximate surface area is 112 Å². The van der Waals surface area contributed by atoms with Crippen LogP contribution in [0, 0.1) is 11.8 Å². The highest BCUT2D eigenvalue weighted by molar-refractivity contribution is 6.06. The van der Waals surface area contributed by atoms with Crippen LogP contribution in [0.25, 0.3) is 0 Å². The summed E-state index contributed by atoms with van der Waals surface area (Å²) >= 11 is 0. The maximum Gasteiger partial charge on any atom is 0.316 e. The van der Waals surface area contributed by atoms with Crippen LogP contribution in [0.5, 0.6) is 5.75 Å². The number of para-hydroxylation sites is 2. The summed E-state index contributed by atoms with van der Waals surface area (Å²) in [4.78, 5) is 24.8. The topological polar surface area (TPSA) is 66.8 Å². The van der Waals surface area contributed by atoms with Gasteiger partial charge in [-0.05, 0) is 18.1 Å². The minimum atomic E-state index is -1.11. The zero-order chi connectivity index (χ0) is 14.6. The van der Waals surface area contributed by atoms with Gasteiger partial charge in [-0.25, -0.2) is 0 Å². The number of anilines is 1. The highest BCUT2D eigenvalue weighted by Crippen LogP contribution is 2.28. The number of nitrogens with zero attached hydrogens (tertiary/aromatic N) is 1. The second-order valence-corrected chi connectivity index (χ2v) is 4.63. The summed E-state index contributed by atoms with van der Waals surface area (Å²) in [7, 11) is 3.06. The summed E-state index contributed by atoms with van der Waals surface area (Å²) in [6.07, 6.45) is 0. The van der Waals surface area contributed by atoms with Gasteiger partial charge in [0, 0.05) is 7.05 Å². The highest BCUT2D eigenvalue weighted by atomic mass is 16.5. The molecule has 1 aromatic carbocycles. The molecule has 5 heteroatoms. The second-order valence-electron chi connectivity index (χ2n) is 4.63. The number of benzene rings is 1. The summed E-state index contributed by atoms with van der Waals surface area (Å²) in [6, 6.07) is 7.00. The number of carbonyl (C=O) groups is 2. The smallest absolute Gasteiger partial charge is 0.316 e. The first-order valence-electron chi connectivity index (χ1n) is 6.03. The Kier molecular flexibility index (Phi) is 4.92. The fourth-order valence-corrected chi connectivity index (χ4v) is 1.91. The van der Waals surface area contributed by atoms with Crippen molar-refractivity contribution in [2.24, 2.45) is 11.8 Å². The number of methoxy groups -OCH3 is 1. The molecule has 0 aliphatic heterocycles. The maximum absolute atomic E-state index is 12.3. The summed E-state index contributed by atoms with van der Waals surface area (Å²) in [5.41, 5.74) is 0.557. The summed E-state index contributed by atoms with van der Waals surface area (Å²) < 4.78 is 5.18. The molecule has 0 fully saturated rings. The molecular weight excluding hydrogens is 246 g/mol. The van der Waals surface area contributed by atoms with Crippen LogP contribution in [0.15, 0.2) is 24.3 Å². The zero-order valence-electron chi connectivity index (χ0n) is 11.6. The lowest BCUT2D eigenvalue weighted by atomic mass is 9.94. The molecule has 19 heavy (non-hydrogen) atoms. The van der Waals surface area contributed by atoms with Crippen LogP contribution in [0.1, 0.15) is 13.8 Å². The van der Waals surface area contributed by atoms with Gasteiger partial charge in [0.15, 0.2) is 0 Å². The number of hydrogen-bond donors (Lipinski definition) is 1. The first kappa shape index (κ1) is 15.0. The van der Waals surface area contributed by atoms with Crippen LogP contribution in [0.4, 0.5) is 5.69 Å². The molecule has 1 aromatic rings. The number of rotatable bonds is 5. The van der Waals surface area contributed by atoms with E-state index < -0.39 is 17.8 Å². The molecule has 1 unspecified atom stereocenters. The van der Waals surface area contributed by atoms with Crippen molar-refractivity contribution in [1.82, 2.24) is 0 Å². The lowest BCUT2D eigenvalue weighted by Gasteiger charge is -2.24. The van der Waals surface area contributed by atoms with E-state index in [4.69, 9.17) is 9.84 Å². The van der Waals surface area contributed by atoms with Crippen LogP contribution in [0.3, 0.4) is 0 Å². The Hall–Kier alpha value is -2.04. The Morgan fingerprint density at radius 1 is 1.26 bits per heavy atom. The van der Waals surface area contributed by atoms with E-state index in [0.717, 1.165) is 0 Å². The van der Waals surface area contributed by atoms with Crippen molar-refractivity contribution in [3.63, 3.8) is 0 Å². The molecule has 0 heterocycles. The molecule has 0 aliphatic rings. The van der Waals surface area contributed by atoms with Crippen LogP contribution < -0.4 is 9.64 Å². The van der Waals surface area contributed by atoms with Crippen molar-refractivity contribution in [2.45, 2.75) is 13.8 Å². The van der Waals surface area contributed by atoms with Crippen molar-refractivity contribution in [3.05, 3.63) is 24.3 Å². The monoisotopic (exact) mass is 265 g/mol. The normalized spacial score (nSPS) is 12.1. The van der Waals surface area contributed by atoms with Gasteiger partial charge in [0.1, 0.15) is 11.7 Å². The second kappa shape index (κ2) is 6.22. The molecule has 1 rings (SSSR count). The average Bonchev–Trinajstić information content (AvgIpc) is 2.36. The molecular formula is C14H19NO4. The maximum atomic E-state index is 12.3. The minimum absolute atomic E-state index is 0.276. The fourth-order valence-electron chi connectivity index (χ4n) is 1.91. The minimum Gasteiger partial charge on any atom is -0.495 e. The van der Waals surface area contributed by atoms with Gasteiger partial charge in [0.2, 0.25) is 5.91 Å². The Morgan fingerprint density at radius 2 is 1.84 bits per heavy atom. The van der Waals surface area contributed by atoms with Gasteiger partial charge in [-0.1, -0.05) is 26.0 Å². The van der Waals surface area contributed by atoms with Gasteiger partial charge in [-0.15, -0.1) is 0 Å². The van der Waals surface area contributed by atoms with E-state index >= 15 is 0 Å². The predicted octanol–water partition coefficient (Wildman–Crippen LogP) is 2.01. The lowest BCUT2D eigenvalue weighted by Crippen LogP contribution is -2.39. The third-order valence-corrected chi connectivity index (χ3v) is 2.98. The molecule has 0 aromatic heterocycles. The van der Waals surface area contributed by atoms with E-state index in [9.17, 15) is 9.59 Å². The van der Waals surface area contributed by atoms with Gasteiger partial charge in [0.25, 0.3) is 0 Å². The van der Waals surface area contributed by atoms with E-state index in [-0.39, 0.29) is 5.92 Å². The number of aliphatic carboxylic acids is 1. The van der Waals surface area contributed by atoms with Crippen LogP contribution in [-0.2, 0) is 9.59 Å². The molecule has 0 saturated carbocycles. The lowest BCUT2D eigenvalue weighted by molar-refractivity contribution is -0.147. The van der Waals surface area contributed by atoms with Gasteiger partial charge in [-0.2, -0.15) is 0 Å². The van der Waals surface area contributed by atoms with Gasteiger partial charge in [0.05, 0.1) is 12.8 Å². The Bertz CT molecular complexity index is 470. The van der Waals surface area contributed by atoms with E-state index in [2.05, 4.69) is 0 Å². The number of ether oxygens (including phenoxy) is 1. The number of hydrogen-bond acceptors (Lipinski definition) is 3. The summed E-state index contributed by atoms with van der Waals surface area (Å²) in [5, 5.41) is 9.16. The van der Waals surface area contributed by atoms with E-state index in [1.807, 2.05) is 0 Å². The van der Waals surface area contributed by atoms with Crippen LogP contribution in [-0.4, -0.2) is 31.1 Å². The molecule has 0 aliphatic carbocycles. The van der Waals surface area contributed by atoms with E-state index in [1.54, 1.807) is 45.2 Å². The highest BCUT2D eigenvalue weighted by Gasteiger charge is 2.33. The summed E-state index contributed by atoms with van der Waals surface area (Å²) in [6.45, 7) is 3.43. The number of carbonyl (C=O) groups excluding carboxylic acids is 1. The van der Waals surface area contributed by atoms with Crippen molar-refractivity contribution in [1.29, 1.82) is 0 Å². The third-order valence-electron chi connectivity index (χ3n) is 2.98. The average molecular weight is 265 g/mol. The quantitative estimate of drug-likeness (QED) is 0.827. The molecule has 1 N–H and O–H groups in total. The molecule has 1 atom stereocenters. The van der Waals surface area contributed by atoms with Crippen LogP contribution >= 0.6 is 0 Å². The SMILES string of the molecule is COc1ccccc1N(C)C(=O)C(C(=O)O)C(C)C. The number of amides is 1. The first-order valence-corrected chi connectivity index (χ1v) is 6.03. The van der Waals surface area contributed by atoms with Crippen LogP contribution in [0.2, 0.25) is 0 Å². The third kappa shape index (κ3) is 3.24. The standard InChI is InChI=1S/C14H19NO4/c1-9(2)12(14(17)18)13(16)15(3)10-7-5-6-8-11(10)19-4/h5-9,12H,1-4H3,(H,17,18). The molecule has 0 bridgehead atoms. The Morgan fingerprint density at radius 3 is 2.32 bits per heavy atom. The predicted molar refractivity (Wildman–Crippen MR) is 72.4 cm³/mol. The van der Waals surface area contributed by atoms with Crippen molar-refractivity contribution >= 4 is 17.6 Å². The molecule has 5 nitrogen and oxygen atoms in total. The van der Waals surface area contributed by atoms with Gasteiger partial charge in [-0.3, -0.25) is 9.59 Å². The van der Waals surface area contributed by atoms with Crippen molar-refractivity contribution in [2.75, 3.05) is 19.1 Å². The van der Waals surface area contributed by atoms with Crippen molar-refractivity contribution < 1.29 is 19.4 Å². The van der Waals surface area contributed by atoms with E-state index in [1.165, 1.54) is 12.0 Å². The van der Waals surface area contributed by atoms with Crippen molar-refractivity contribution in [3.8, 4) is 5.75 Å². The zero-order valence-corrected chi connectivity index (χ0v) is 11.6. The molecule has 0 saturated heterocycles. The first-order chi connectivity index (χ1) is 8.90. The number of carboxylic acids is 1. The van der Waals surface area contributed by atoms with Gasteiger partial charge < -0.3 is 14.7 Å². The van der Waals surface area contributed by atoms with E-state index in [0.29, 0.717) is 11.4 Å². The number of carboxylic acid groups (broad SMARTS) is 1.